The average Bonchev–Trinajstić information content (AvgIpc) is 2.80. The van der Waals surface area contributed by atoms with E-state index in [-0.39, 0.29) is 0 Å². The van der Waals surface area contributed by atoms with E-state index in [0.29, 0.717) is 19.8 Å². The van der Waals surface area contributed by atoms with E-state index in [1.54, 1.807) is 0 Å². The highest BCUT2D eigenvalue weighted by Gasteiger charge is 2.03. The Labute approximate surface area is 198 Å². The van der Waals surface area contributed by atoms with Crippen LogP contribution in [0.5, 0.6) is 0 Å². The largest absolute Gasteiger partial charge is 0.463 e. The molecule has 32 heavy (non-hydrogen) atoms. The lowest BCUT2D eigenvalue weighted by atomic mass is 10.0. The van der Waals surface area contributed by atoms with Gasteiger partial charge in [0.1, 0.15) is 6.61 Å². The molecule has 0 amide bonds. The van der Waals surface area contributed by atoms with E-state index in [9.17, 15) is 9.59 Å². The van der Waals surface area contributed by atoms with E-state index < -0.39 is 11.9 Å². The molecule has 5 nitrogen and oxygen atoms in total. The Kier molecular flexibility index (Phi) is 23.3. The summed E-state index contributed by atoms with van der Waals surface area (Å²) in [7, 11) is 0. The van der Waals surface area contributed by atoms with Gasteiger partial charge in [0.2, 0.25) is 0 Å². The predicted molar refractivity (Wildman–Crippen MR) is 134 cm³/mol. The van der Waals surface area contributed by atoms with E-state index >= 15 is 0 Å². The van der Waals surface area contributed by atoms with Crippen molar-refractivity contribution >= 4 is 11.9 Å². The Hall–Kier alpha value is -1.36. The van der Waals surface area contributed by atoms with Crippen molar-refractivity contribution in [2.45, 2.75) is 117 Å². The van der Waals surface area contributed by atoms with Crippen molar-refractivity contribution in [1.29, 1.82) is 0 Å². The number of ether oxygens (including phenoxy) is 2. The number of likely N-dealkylation sites (N-methyl/N-ethyl adjacent to an activating group) is 1. The molecule has 0 saturated carbocycles. The van der Waals surface area contributed by atoms with Gasteiger partial charge in [-0.25, -0.2) is 9.59 Å². The van der Waals surface area contributed by atoms with Gasteiger partial charge in [-0.3, -0.25) is 0 Å². The highest BCUT2D eigenvalue weighted by Crippen LogP contribution is 2.13. The van der Waals surface area contributed by atoms with Gasteiger partial charge in [-0.1, -0.05) is 111 Å². The molecule has 0 spiro atoms. The fraction of sp³-hybridized carbons (Fsp3) is 0.852. The maximum absolute atomic E-state index is 11.6. The first-order valence-corrected chi connectivity index (χ1v) is 13.4. The van der Waals surface area contributed by atoms with Gasteiger partial charge in [0.15, 0.2) is 0 Å². The number of unbranched alkanes of at least 4 members (excludes halogenated alkanes) is 14. The lowest BCUT2D eigenvalue weighted by Gasteiger charge is -2.16. The summed E-state index contributed by atoms with van der Waals surface area (Å²) in [5.74, 6) is -0.975. The standard InChI is InChI=1S/C27H51NO4/c1-4-7-8-9-10-11-12-13-14-15-16-17-18-19-20-24-31-26(29)21-22-27(30)32-25-23-28(5-2)6-3/h21-22H,4-20,23-25H2,1-3H3/b22-21+. The molecule has 0 aromatic heterocycles. The SMILES string of the molecule is CCCCCCCCCCCCCCCCCOC(=O)/C=C/C(=O)OCCN(CC)CC. The molecule has 188 valence electrons. The third-order valence-corrected chi connectivity index (χ3v) is 5.89. The minimum absolute atomic E-state index is 0.332. The Bertz CT molecular complexity index is 461. The number of esters is 2. The van der Waals surface area contributed by atoms with Gasteiger partial charge in [0, 0.05) is 18.7 Å². The molecule has 0 fully saturated rings. The molecule has 0 aromatic carbocycles. The van der Waals surface area contributed by atoms with E-state index in [4.69, 9.17) is 9.47 Å². The molecular weight excluding hydrogens is 402 g/mol. The van der Waals surface area contributed by atoms with Gasteiger partial charge in [-0.2, -0.15) is 0 Å². The molecule has 0 aromatic rings. The van der Waals surface area contributed by atoms with Crippen LogP contribution in [0.3, 0.4) is 0 Å². The Morgan fingerprint density at radius 1 is 0.562 bits per heavy atom. The molecule has 0 aliphatic rings. The molecule has 0 unspecified atom stereocenters. The lowest BCUT2D eigenvalue weighted by Crippen LogP contribution is -2.27. The van der Waals surface area contributed by atoms with Crippen molar-refractivity contribution < 1.29 is 19.1 Å². The third kappa shape index (κ3) is 21.9. The van der Waals surface area contributed by atoms with Crippen LogP contribution in [0.15, 0.2) is 12.2 Å². The molecular formula is C27H51NO4. The number of carbonyl (C=O) groups is 2. The highest BCUT2D eigenvalue weighted by molar-refractivity contribution is 5.91. The summed E-state index contributed by atoms with van der Waals surface area (Å²) in [6.45, 7) is 9.71. The van der Waals surface area contributed by atoms with Gasteiger partial charge in [0.05, 0.1) is 6.61 Å². The first-order chi connectivity index (χ1) is 15.6. The summed E-state index contributed by atoms with van der Waals surface area (Å²) in [5.41, 5.74) is 0. The van der Waals surface area contributed by atoms with Gasteiger partial charge in [-0.15, -0.1) is 0 Å². The maximum atomic E-state index is 11.6. The predicted octanol–water partition coefficient (Wildman–Crippen LogP) is 6.84. The Morgan fingerprint density at radius 3 is 1.34 bits per heavy atom. The molecule has 0 radical (unpaired) electrons. The van der Waals surface area contributed by atoms with Crippen molar-refractivity contribution in [1.82, 2.24) is 4.90 Å². The second kappa shape index (κ2) is 24.3. The highest BCUT2D eigenvalue weighted by atomic mass is 16.5. The second-order valence-electron chi connectivity index (χ2n) is 8.64. The molecule has 0 rings (SSSR count). The number of carbonyl (C=O) groups excluding carboxylic acids is 2. The fourth-order valence-corrected chi connectivity index (χ4v) is 3.69. The minimum atomic E-state index is -0.499. The van der Waals surface area contributed by atoms with Crippen molar-refractivity contribution in [2.75, 3.05) is 32.8 Å². The zero-order valence-electron chi connectivity index (χ0n) is 21.4. The van der Waals surface area contributed by atoms with Crippen LogP contribution in [0.2, 0.25) is 0 Å². The van der Waals surface area contributed by atoms with Gasteiger partial charge < -0.3 is 14.4 Å². The topological polar surface area (TPSA) is 55.8 Å². The van der Waals surface area contributed by atoms with Crippen LogP contribution < -0.4 is 0 Å². The summed E-state index contributed by atoms with van der Waals surface area (Å²) < 4.78 is 10.2. The first kappa shape index (κ1) is 30.6. The van der Waals surface area contributed by atoms with Crippen LogP contribution in [-0.2, 0) is 19.1 Å². The molecule has 0 bridgehead atoms. The van der Waals surface area contributed by atoms with Crippen LogP contribution >= 0.6 is 0 Å². The molecule has 0 heterocycles. The van der Waals surface area contributed by atoms with Crippen molar-refractivity contribution in [3.8, 4) is 0 Å². The Morgan fingerprint density at radius 2 is 0.938 bits per heavy atom. The molecule has 0 saturated heterocycles. The summed E-state index contributed by atoms with van der Waals surface area (Å²) in [5, 5.41) is 0. The quantitative estimate of drug-likeness (QED) is 0.0962. The van der Waals surface area contributed by atoms with Crippen molar-refractivity contribution in [3.05, 3.63) is 12.2 Å². The zero-order chi connectivity index (χ0) is 23.7. The molecule has 0 atom stereocenters. The number of rotatable bonds is 23. The monoisotopic (exact) mass is 453 g/mol. The lowest BCUT2D eigenvalue weighted by molar-refractivity contribution is -0.140. The van der Waals surface area contributed by atoms with Crippen LogP contribution in [0.4, 0.5) is 0 Å². The maximum Gasteiger partial charge on any atom is 0.331 e. The second-order valence-corrected chi connectivity index (χ2v) is 8.64. The molecule has 0 N–H and O–H groups in total. The normalized spacial score (nSPS) is 11.4. The third-order valence-electron chi connectivity index (χ3n) is 5.89. The van der Waals surface area contributed by atoms with Crippen LogP contribution in [0.1, 0.15) is 117 Å². The molecule has 5 heteroatoms. The zero-order valence-corrected chi connectivity index (χ0v) is 21.4. The molecule has 0 aliphatic heterocycles. The van der Waals surface area contributed by atoms with Gasteiger partial charge in [0.25, 0.3) is 0 Å². The van der Waals surface area contributed by atoms with Crippen LogP contribution in [0, 0.1) is 0 Å². The number of hydrogen-bond donors (Lipinski definition) is 0. The van der Waals surface area contributed by atoms with E-state index in [0.717, 1.165) is 38.1 Å². The van der Waals surface area contributed by atoms with Crippen LogP contribution in [-0.4, -0.2) is 49.7 Å². The van der Waals surface area contributed by atoms with Crippen molar-refractivity contribution in [2.24, 2.45) is 0 Å². The Balaban J connectivity index is 3.40. The fourth-order valence-electron chi connectivity index (χ4n) is 3.69. The summed E-state index contributed by atoms with van der Waals surface area (Å²) >= 11 is 0. The number of nitrogens with zero attached hydrogens (tertiary/aromatic N) is 1. The van der Waals surface area contributed by atoms with E-state index in [1.807, 2.05) is 0 Å². The van der Waals surface area contributed by atoms with E-state index in [2.05, 4.69) is 25.7 Å². The van der Waals surface area contributed by atoms with Gasteiger partial charge in [-0.05, 0) is 19.5 Å². The summed E-state index contributed by atoms with van der Waals surface area (Å²) in [6.07, 6.45) is 22.0. The number of hydrogen-bond acceptors (Lipinski definition) is 5. The minimum Gasteiger partial charge on any atom is -0.463 e. The van der Waals surface area contributed by atoms with E-state index in [1.165, 1.54) is 83.5 Å². The van der Waals surface area contributed by atoms with Crippen molar-refractivity contribution in [3.63, 3.8) is 0 Å². The van der Waals surface area contributed by atoms with Gasteiger partial charge >= 0.3 is 11.9 Å². The summed E-state index contributed by atoms with van der Waals surface area (Å²) in [4.78, 5) is 25.4. The first-order valence-electron chi connectivity index (χ1n) is 13.4. The van der Waals surface area contributed by atoms with Crippen LogP contribution in [0.25, 0.3) is 0 Å². The smallest absolute Gasteiger partial charge is 0.331 e. The molecule has 0 aliphatic carbocycles. The summed E-state index contributed by atoms with van der Waals surface area (Å²) in [6, 6.07) is 0. The average molecular weight is 454 g/mol.